The predicted octanol–water partition coefficient (Wildman–Crippen LogP) is 1.83. The number of nitrogen functional groups attached to an aromatic ring is 1. The van der Waals surface area contributed by atoms with Crippen molar-refractivity contribution in [3.8, 4) is 11.1 Å². The van der Waals surface area contributed by atoms with Crippen molar-refractivity contribution in [1.29, 1.82) is 0 Å². The maximum absolute atomic E-state index is 11.3. The third-order valence-electron chi connectivity index (χ3n) is 2.85. The molecule has 4 nitrogen and oxygen atoms in total. The summed E-state index contributed by atoms with van der Waals surface area (Å²) in [7, 11) is 0. The molecule has 1 amide bonds. The quantitative estimate of drug-likeness (QED) is 0.777. The average molecular weight is 225 g/mol. The van der Waals surface area contributed by atoms with Gasteiger partial charge in [-0.05, 0) is 35.4 Å². The second-order valence-electron chi connectivity index (χ2n) is 4.07. The summed E-state index contributed by atoms with van der Waals surface area (Å²) in [6, 6.07) is 9.60. The Balaban J connectivity index is 2.03. The van der Waals surface area contributed by atoms with Gasteiger partial charge in [-0.3, -0.25) is 4.79 Å². The van der Waals surface area contributed by atoms with Crippen LogP contribution in [0.4, 0.5) is 11.5 Å². The Bertz CT molecular complexity index is 590. The number of amides is 1. The summed E-state index contributed by atoms with van der Waals surface area (Å²) in [6.45, 7) is 0. The Morgan fingerprint density at radius 3 is 2.76 bits per heavy atom. The van der Waals surface area contributed by atoms with Gasteiger partial charge in [-0.15, -0.1) is 0 Å². The summed E-state index contributed by atoms with van der Waals surface area (Å²) < 4.78 is 0. The maximum Gasteiger partial charge on any atom is 0.228 e. The van der Waals surface area contributed by atoms with Gasteiger partial charge in [-0.25, -0.2) is 4.98 Å². The Kier molecular flexibility index (Phi) is 2.08. The zero-order valence-electron chi connectivity index (χ0n) is 9.10. The molecule has 0 spiro atoms. The number of pyridine rings is 1. The molecule has 1 aromatic heterocycles. The summed E-state index contributed by atoms with van der Waals surface area (Å²) in [5.41, 5.74) is 9.53. The largest absolute Gasteiger partial charge is 0.384 e. The molecular formula is C13H11N3O. The van der Waals surface area contributed by atoms with Crippen LogP contribution in [0.3, 0.4) is 0 Å². The van der Waals surface area contributed by atoms with Crippen LogP contribution in [0.2, 0.25) is 0 Å². The highest BCUT2D eigenvalue weighted by molar-refractivity contribution is 5.99. The Morgan fingerprint density at radius 1 is 1.18 bits per heavy atom. The van der Waals surface area contributed by atoms with E-state index < -0.39 is 0 Å². The Labute approximate surface area is 98.5 Å². The van der Waals surface area contributed by atoms with E-state index in [4.69, 9.17) is 5.73 Å². The van der Waals surface area contributed by atoms with Gasteiger partial charge in [0.25, 0.3) is 0 Å². The molecule has 1 aliphatic rings. The standard InChI is InChI=1S/C13H11N3O/c14-12-4-2-9(7-15-12)8-1-3-11-10(5-8)6-13(17)16-11/h1-5,7H,6H2,(H2,14,15)(H,16,17). The second kappa shape index (κ2) is 3.59. The smallest absolute Gasteiger partial charge is 0.228 e. The van der Waals surface area contributed by atoms with E-state index >= 15 is 0 Å². The van der Waals surface area contributed by atoms with Gasteiger partial charge in [0.2, 0.25) is 5.91 Å². The zero-order valence-corrected chi connectivity index (χ0v) is 9.10. The van der Waals surface area contributed by atoms with Crippen LogP contribution in [0, 0.1) is 0 Å². The molecule has 3 N–H and O–H groups in total. The molecule has 0 aliphatic carbocycles. The molecule has 17 heavy (non-hydrogen) atoms. The lowest BCUT2D eigenvalue weighted by molar-refractivity contribution is -0.115. The summed E-state index contributed by atoms with van der Waals surface area (Å²) in [4.78, 5) is 15.3. The summed E-state index contributed by atoms with van der Waals surface area (Å²) in [5.74, 6) is 0.555. The normalized spacial score (nSPS) is 13.3. The van der Waals surface area contributed by atoms with E-state index in [-0.39, 0.29) is 5.91 Å². The van der Waals surface area contributed by atoms with Gasteiger partial charge < -0.3 is 11.1 Å². The SMILES string of the molecule is Nc1ccc(-c2ccc3c(c2)CC(=O)N3)cn1. The third-order valence-corrected chi connectivity index (χ3v) is 2.85. The monoisotopic (exact) mass is 225 g/mol. The molecule has 2 aromatic rings. The number of rotatable bonds is 1. The van der Waals surface area contributed by atoms with Crippen LogP contribution >= 0.6 is 0 Å². The molecule has 4 heteroatoms. The van der Waals surface area contributed by atoms with Crippen LogP contribution in [0.15, 0.2) is 36.5 Å². The molecule has 1 aliphatic heterocycles. The van der Waals surface area contributed by atoms with Crippen molar-refractivity contribution >= 4 is 17.4 Å². The van der Waals surface area contributed by atoms with Gasteiger partial charge in [-0.1, -0.05) is 6.07 Å². The van der Waals surface area contributed by atoms with Crippen molar-refractivity contribution in [2.75, 3.05) is 11.1 Å². The van der Waals surface area contributed by atoms with E-state index in [1.807, 2.05) is 24.3 Å². The van der Waals surface area contributed by atoms with Gasteiger partial charge in [0.1, 0.15) is 5.82 Å². The van der Waals surface area contributed by atoms with Gasteiger partial charge in [0, 0.05) is 17.4 Å². The van der Waals surface area contributed by atoms with Crippen molar-refractivity contribution in [1.82, 2.24) is 4.98 Å². The predicted molar refractivity (Wildman–Crippen MR) is 66.4 cm³/mol. The molecule has 3 rings (SSSR count). The molecule has 84 valence electrons. The number of fused-ring (bicyclic) bond motifs is 1. The van der Waals surface area contributed by atoms with Crippen LogP contribution < -0.4 is 11.1 Å². The zero-order chi connectivity index (χ0) is 11.8. The van der Waals surface area contributed by atoms with Crippen molar-refractivity contribution in [3.63, 3.8) is 0 Å². The van der Waals surface area contributed by atoms with Crippen LogP contribution in [0.5, 0.6) is 0 Å². The fraction of sp³-hybridized carbons (Fsp3) is 0.0769. The highest BCUT2D eigenvalue weighted by atomic mass is 16.1. The van der Waals surface area contributed by atoms with E-state index in [0.29, 0.717) is 12.2 Å². The summed E-state index contributed by atoms with van der Waals surface area (Å²) in [5, 5.41) is 2.81. The van der Waals surface area contributed by atoms with Gasteiger partial charge in [0.15, 0.2) is 0 Å². The lowest BCUT2D eigenvalue weighted by Crippen LogP contribution is -2.03. The molecule has 0 unspecified atom stereocenters. The van der Waals surface area contributed by atoms with E-state index in [2.05, 4.69) is 10.3 Å². The third kappa shape index (κ3) is 1.73. The number of carbonyl (C=O) groups excluding carboxylic acids is 1. The molecule has 1 aromatic carbocycles. The number of carbonyl (C=O) groups is 1. The van der Waals surface area contributed by atoms with Crippen LogP contribution in [0.1, 0.15) is 5.56 Å². The first kappa shape index (κ1) is 9.84. The minimum Gasteiger partial charge on any atom is -0.384 e. The first-order valence-electron chi connectivity index (χ1n) is 5.37. The molecule has 0 radical (unpaired) electrons. The van der Waals surface area contributed by atoms with E-state index in [0.717, 1.165) is 22.4 Å². The number of anilines is 2. The molecule has 0 bridgehead atoms. The second-order valence-corrected chi connectivity index (χ2v) is 4.07. The molecular weight excluding hydrogens is 214 g/mol. The Hall–Kier alpha value is -2.36. The Morgan fingerprint density at radius 2 is 2.00 bits per heavy atom. The van der Waals surface area contributed by atoms with Crippen LogP contribution in [-0.4, -0.2) is 10.9 Å². The van der Waals surface area contributed by atoms with Gasteiger partial charge in [-0.2, -0.15) is 0 Å². The first-order chi connectivity index (χ1) is 8.22. The van der Waals surface area contributed by atoms with Gasteiger partial charge in [0.05, 0.1) is 6.42 Å². The van der Waals surface area contributed by atoms with Crippen molar-refractivity contribution < 1.29 is 4.79 Å². The van der Waals surface area contributed by atoms with Crippen LogP contribution in [0.25, 0.3) is 11.1 Å². The highest BCUT2D eigenvalue weighted by Gasteiger charge is 2.17. The summed E-state index contributed by atoms with van der Waals surface area (Å²) >= 11 is 0. The molecule has 0 fully saturated rings. The minimum absolute atomic E-state index is 0.0487. The maximum atomic E-state index is 11.3. The fourth-order valence-corrected chi connectivity index (χ4v) is 1.98. The van der Waals surface area contributed by atoms with Gasteiger partial charge >= 0.3 is 0 Å². The van der Waals surface area contributed by atoms with E-state index in [1.54, 1.807) is 12.3 Å². The number of nitrogens with two attached hydrogens (primary N) is 1. The number of aromatic nitrogens is 1. The topological polar surface area (TPSA) is 68.0 Å². The minimum atomic E-state index is 0.0487. The molecule has 0 atom stereocenters. The highest BCUT2D eigenvalue weighted by Crippen LogP contribution is 2.28. The fourth-order valence-electron chi connectivity index (χ4n) is 1.98. The van der Waals surface area contributed by atoms with E-state index in [1.165, 1.54) is 0 Å². The van der Waals surface area contributed by atoms with E-state index in [9.17, 15) is 4.79 Å². The van der Waals surface area contributed by atoms with Crippen molar-refractivity contribution in [2.45, 2.75) is 6.42 Å². The van der Waals surface area contributed by atoms with Crippen LogP contribution in [-0.2, 0) is 11.2 Å². The molecule has 0 saturated heterocycles. The number of nitrogens with zero attached hydrogens (tertiary/aromatic N) is 1. The first-order valence-corrected chi connectivity index (χ1v) is 5.37. The number of hydrogen-bond acceptors (Lipinski definition) is 3. The number of nitrogens with one attached hydrogen (secondary N) is 1. The lowest BCUT2D eigenvalue weighted by atomic mass is 10.0. The van der Waals surface area contributed by atoms with Crippen molar-refractivity contribution in [2.24, 2.45) is 0 Å². The van der Waals surface area contributed by atoms with Crippen molar-refractivity contribution in [3.05, 3.63) is 42.1 Å². The lowest BCUT2D eigenvalue weighted by Gasteiger charge is -2.04. The number of hydrogen-bond donors (Lipinski definition) is 2. The average Bonchev–Trinajstić information content (AvgIpc) is 2.69. The summed E-state index contributed by atoms with van der Waals surface area (Å²) in [6.07, 6.45) is 2.19. The molecule has 0 saturated carbocycles. The molecule has 2 heterocycles. The number of benzene rings is 1.